The summed E-state index contributed by atoms with van der Waals surface area (Å²) in [5.74, 6) is 0.299. The van der Waals surface area contributed by atoms with E-state index in [1.165, 1.54) is 0 Å². The van der Waals surface area contributed by atoms with Crippen LogP contribution < -0.4 is 10.9 Å². The van der Waals surface area contributed by atoms with Crippen molar-refractivity contribution >= 4 is 17.0 Å². The first-order valence-corrected chi connectivity index (χ1v) is 13.3. The number of rotatable bonds is 9. The number of hydrogen-bond donors (Lipinski definition) is 2. The predicted octanol–water partition coefficient (Wildman–Crippen LogP) is 2.06. The number of benzene rings is 1. The van der Waals surface area contributed by atoms with Gasteiger partial charge in [-0.2, -0.15) is 0 Å². The highest BCUT2D eigenvalue weighted by Crippen LogP contribution is 2.28. The molecule has 204 valence electrons. The van der Waals surface area contributed by atoms with Crippen molar-refractivity contribution in [2.45, 2.75) is 70.6 Å². The molecule has 2 aromatic heterocycles. The van der Waals surface area contributed by atoms with E-state index in [0.29, 0.717) is 38.3 Å². The number of nitrogens with one attached hydrogen (secondary N) is 1. The Morgan fingerprint density at radius 2 is 2.13 bits per heavy atom. The molecule has 0 spiro atoms. The number of hydrogen-bond acceptors (Lipinski definition) is 8. The maximum absolute atomic E-state index is 12.7. The second-order valence-corrected chi connectivity index (χ2v) is 10.4. The van der Waals surface area contributed by atoms with Gasteiger partial charge in [0.15, 0.2) is 0 Å². The zero-order valence-electron chi connectivity index (χ0n) is 22.2. The Kier molecular flexibility index (Phi) is 7.94. The molecule has 0 saturated carbocycles. The number of ether oxygens (including phenoxy) is 3. The van der Waals surface area contributed by atoms with Crippen molar-refractivity contribution in [3.8, 4) is 11.4 Å². The van der Waals surface area contributed by atoms with Crippen LogP contribution in [-0.2, 0) is 39.1 Å². The number of carbonyl (C=O) groups is 1. The van der Waals surface area contributed by atoms with Gasteiger partial charge in [0, 0.05) is 43.9 Å². The summed E-state index contributed by atoms with van der Waals surface area (Å²) in [6.45, 7) is 6.14. The summed E-state index contributed by atoms with van der Waals surface area (Å²) < 4.78 is 20.5. The third-order valence-corrected chi connectivity index (χ3v) is 7.28. The lowest BCUT2D eigenvalue weighted by molar-refractivity contribution is -0.154. The molecule has 10 nitrogen and oxygen atoms in total. The molecule has 3 aromatic rings. The van der Waals surface area contributed by atoms with Gasteiger partial charge in [0.2, 0.25) is 0 Å². The van der Waals surface area contributed by atoms with E-state index < -0.39 is 18.1 Å². The van der Waals surface area contributed by atoms with Crippen LogP contribution in [0.25, 0.3) is 22.4 Å². The Bertz CT molecular complexity index is 1330. The Morgan fingerprint density at radius 1 is 1.29 bits per heavy atom. The Hall–Kier alpha value is -3.05. The van der Waals surface area contributed by atoms with Crippen molar-refractivity contribution in [3.05, 3.63) is 51.9 Å². The van der Waals surface area contributed by atoms with Crippen LogP contribution in [0.4, 0.5) is 0 Å². The van der Waals surface area contributed by atoms with Crippen LogP contribution >= 0.6 is 0 Å². The monoisotopic (exact) mass is 524 g/mol. The number of imidazole rings is 1. The van der Waals surface area contributed by atoms with Crippen LogP contribution in [0.2, 0.25) is 0 Å². The average Bonchev–Trinajstić information content (AvgIpc) is 3.65. The summed E-state index contributed by atoms with van der Waals surface area (Å²) >= 11 is 0. The molecular weight excluding hydrogens is 488 g/mol. The van der Waals surface area contributed by atoms with E-state index in [1.54, 1.807) is 18.5 Å². The summed E-state index contributed by atoms with van der Waals surface area (Å²) in [5.41, 5.74) is 4.19. The van der Waals surface area contributed by atoms with Gasteiger partial charge in [0.25, 0.3) is 5.56 Å². The number of carbonyl (C=O) groups excluding carboxylic acids is 1. The van der Waals surface area contributed by atoms with E-state index in [-0.39, 0.29) is 17.8 Å². The molecule has 0 amide bonds. The minimum atomic E-state index is -0.918. The molecule has 2 fully saturated rings. The van der Waals surface area contributed by atoms with Crippen LogP contribution in [-0.4, -0.2) is 69.4 Å². The first-order valence-electron chi connectivity index (χ1n) is 13.3. The van der Waals surface area contributed by atoms with E-state index >= 15 is 0 Å². The third kappa shape index (κ3) is 5.68. The topological polar surface area (TPSA) is 117 Å². The molecule has 1 aromatic carbocycles. The first-order chi connectivity index (χ1) is 18.3. The van der Waals surface area contributed by atoms with Gasteiger partial charge in [-0.15, -0.1) is 0 Å². The standard InChI is InChI=1S/C28H36N4O6/c1-17-11-20(14-31(3)27(17)34)26-30-23-12-19(6-7-24(23)32(26)15-21-5-4-9-37-21)13-29-25(18(2)33)28(35)38-22-8-10-36-16-22/h6-7,11-12,14,18,21-22,25,29,33H,4-5,8-10,13,15-16H2,1-3H3/t18?,21-,22+,25?/m0/s1. The lowest BCUT2D eigenvalue weighted by atomic mass is 10.1. The summed E-state index contributed by atoms with van der Waals surface area (Å²) in [6.07, 6.45) is 3.46. The minimum absolute atomic E-state index is 0.0319. The average molecular weight is 525 g/mol. The normalized spacial score (nSPS) is 21.2. The highest BCUT2D eigenvalue weighted by molar-refractivity contribution is 5.81. The number of pyridine rings is 1. The zero-order valence-corrected chi connectivity index (χ0v) is 22.2. The van der Waals surface area contributed by atoms with Gasteiger partial charge in [0.1, 0.15) is 18.0 Å². The predicted molar refractivity (Wildman–Crippen MR) is 142 cm³/mol. The molecule has 5 rings (SSSR count). The van der Waals surface area contributed by atoms with Crippen LogP contribution in [0, 0.1) is 6.92 Å². The van der Waals surface area contributed by atoms with Crippen LogP contribution in [0.5, 0.6) is 0 Å². The number of fused-ring (bicyclic) bond motifs is 1. The van der Waals surface area contributed by atoms with Crippen molar-refractivity contribution in [2.75, 3.05) is 19.8 Å². The smallest absolute Gasteiger partial charge is 0.326 e. The fourth-order valence-corrected chi connectivity index (χ4v) is 5.20. The second-order valence-electron chi connectivity index (χ2n) is 10.4. The molecule has 2 aliphatic rings. The number of aliphatic hydroxyl groups is 1. The van der Waals surface area contributed by atoms with Crippen molar-refractivity contribution < 1.29 is 24.1 Å². The van der Waals surface area contributed by atoms with Gasteiger partial charge in [-0.25, -0.2) is 4.98 Å². The lowest BCUT2D eigenvalue weighted by Crippen LogP contribution is -2.46. The van der Waals surface area contributed by atoms with E-state index in [2.05, 4.69) is 9.88 Å². The van der Waals surface area contributed by atoms with Crippen molar-refractivity contribution in [1.82, 2.24) is 19.4 Å². The summed E-state index contributed by atoms with van der Waals surface area (Å²) in [4.78, 5) is 29.9. The van der Waals surface area contributed by atoms with Gasteiger partial charge in [-0.1, -0.05) is 6.07 Å². The van der Waals surface area contributed by atoms with E-state index in [9.17, 15) is 14.7 Å². The minimum Gasteiger partial charge on any atom is -0.459 e. The number of esters is 1. The van der Waals surface area contributed by atoms with Gasteiger partial charge < -0.3 is 28.5 Å². The highest BCUT2D eigenvalue weighted by Gasteiger charge is 2.29. The largest absolute Gasteiger partial charge is 0.459 e. The zero-order chi connectivity index (χ0) is 26.8. The van der Waals surface area contributed by atoms with Gasteiger partial charge in [-0.3, -0.25) is 14.9 Å². The van der Waals surface area contributed by atoms with Crippen LogP contribution in [0.3, 0.4) is 0 Å². The number of aryl methyl sites for hydroxylation is 2. The van der Waals surface area contributed by atoms with Crippen molar-refractivity contribution in [3.63, 3.8) is 0 Å². The number of nitrogens with zero attached hydrogens (tertiary/aromatic N) is 3. The number of aliphatic hydroxyl groups excluding tert-OH is 1. The maximum atomic E-state index is 12.7. The molecule has 2 aliphatic heterocycles. The Labute approximate surface area is 221 Å². The molecule has 4 heterocycles. The lowest BCUT2D eigenvalue weighted by Gasteiger charge is -2.22. The molecule has 2 N–H and O–H groups in total. The van der Waals surface area contributed by atoms with E-state index in [4.69, 9.17) is 19.2 Å². The van der Waals surface area contributed by atoms with Crippen molar-refractivity contribution in [2.24, 2.45) is 7.05 Å². The Morgan fingerprint density at radius 3 is 2.82 bits per heavy atom. The van der Waals surface area contributed by atoms with Gasteiger partial charge >= 0.3 is 5.97 Å². The maximum Gasteiger partial charge on any atom is 0.326 e. The molecule has 0 aliphatic carbocycles. The molecule has 38 heavy (non-hydrogen) atoms. The molecular formula is C28H36N4O6. The summed E-state index contributed by atoms with van der Waals surface area (Å²) in [6, 6.07) is 7.04. The first kappa shape index (κ1) is 26.6. The molecule has 4 atom stereocenters. The molecule has 2 saturated heterocycles. The van der Waals surface area contributed by atoms with Gasteiger partial charge in [0.05, 0.1) is 43.0 Å². The summed E-state index contributed by atoms with van der Waals surface area (Å²) in [5, 5.41) is 13.4. The Balaban J connectivity index is 1.41. The SMILES string of the molecule is Cc1cc(-c2nc3cc(CNC(C(=O)O[C@@H]4CCOC4)C(C)O)ccc3n2C[C@@H]2CCCO2)cn(C)c1=O. The molecule has 0 radical (unpaired) electrons. The molecule has 0 bridgehead atoms. The molecule has 2 unspecified atom stereocenters. The second kappa shape index (κ2) is 11.4. The quantitative estimate of drug-likeness (QED) is 0.409. The molecule has 10 heteroatoms. The van der Waals surface area contributed by atoms with Crippen molar-refractivity contribution in [1.29, 1.82) is 0 Å². The van der Waals surface area contributed by atoms with Crippen LogP contribution in [0.1, 0.15) is 37.3 Å². The van der Waals surface area contributed by atoms with E-state index in [0.717, 1.165) is 47.4 Å². The van der Waals surface area contributed by atoms with Gasteiger partial charge in [-0.05, 0) is 50.5 Å². The van der Waals surface area contributed by atoms with Crippen LogP contribution in [0.15, 0.2) is 35.3 Å². The highest BCUT2D eigenvalue weighted by atomic mass is 16.6. The number of aromatic nitrogens is 3. The third-order valence-electron chi connectivity index (χ3n) is 7.28. The van der Waals surface area contributed by atoms with E-state index in [1.807, 2.05) is 37.4 Å². The fraction of sp³-hybridized carbons (Fsp3) is 0.536. The summed E-state index contributed by atoms with van der Waals surface area (Å²) in [7, 11) is 1.75. The fourth-order valence-electron chi connectivity index (χ4n) is 5.20.